The van der Waals surface area contributed by atoms with Crippen LogP contribution in [-0.4, -0.2) is 53.9 Å². The summed E-state index contributed by atoms with van der Waals surface area (Å²) in [7, 11) is 0. The van der Waals surface area contributed by atoms with E-state index < -0.39 is 12.0 Å². The van der Waals surface area contributed by atoms with Gasteiger partial charge in [0.15, 0.2) is 0 Å². The lowest BCUT2D eigenvalue weighted by Crippen LogP contribution is -2.46. The second kappa shape index (κ2) is 4.25. The maximum Gasteiger partial charge on any atom is 0.262 e. The molecule has 0 unspecified atom stereocenters. The molecule has 6 heteroatoms. The van der Waals surface area contributed by atoms with E-state index in [0.717, 1.165) is 11.5 Å². The quantitative estimate of drug-likeness (QED) is 0.722. The number of rotatable bonds is 1. The standard InChI is InChI=1S/C9H14F2N2OS/c10-9(11)5-7(12-6-9)8(14)13-1-3-15-4-2-13/h7,12H,1-6H2/t7-/m0/s1. The van der Waals surface area contributed by atoms with Crippen LogP contribution in [-0.2, 0) is 4.79 Å². The Morgan fingerprint density at radius 2 is 2.07 bits per heavy atom. The zero-order valence-electron chi connectivity index (χ0n) is 8.34. The van der Waals surface area contributed by atoms with Crippen LogP contribution in [0.4, 0.5) is 8.78 Å². The van der Waals surface area contributed by atoms with Crippen LogP contribution >= 0.6 is 11.8 Å². The fraction of sp³-hybridized carbons (Fsp3) is 0.889. The van der Waals surface area contributed by atoms with E-state index in [0.29, 0.717) is 13.1 Å². The number of hydrogen-bond acceptors (Lipinski definition) is 3. The van der Waals surface area contributed by atoms with Crippen molar-refractivity contribution < 1.29 is 13.6 Å². The normalized spacial score (nSPS) is 30.5. The molecule has 0 aromatic carbocycles. The van der Waals surface area contributed by atoms with Crippen LogP contribution in [0.15, 0.2) is 0 Å². The number of alkyl halides is 2. The summed E-state index contributed by atoms with van der Waals surface area (Å²) in [6.45, 7) is 1.01. The lowest BCUT2D eigenvalue weighted by molar-refractivity contribution is -0.133. The van der Waals surface area contributed by atoms with E-state index in [9.17, 15) is 13.6 Å². The van der Waals surface area contributed by atoms with Gasteiger partial charge < -0.3 is 4.90 Å². The average molecular weight is 236 g/mol. The molecule has 0 bridgehead atoms. The molecule has 2 fully saturated rings. The number of carbonyl (C=O) groups is 1. The molecule has 0 radical (unpaired) electrons. The predicted octanol–water partition coefficient (Wildman–Crippen LogP) is 0.559. The third-order valence-corrected chi connectivity index (χ3v) is 3.67. The van der Waals surface area contributed by atoms with E-state index in [1.807, 2.05) is 0 Å². The van der Waals surface area contributed by atoms with Gasteiger partial charge in [0.25, 0.3) is 5.92 Å². The van der Waals surface area contributed by atoms with Gasteiger partial charge in [0, 0.05) is 31.0 Å². The summed E-state index contributed by atoms with van der Waals surface area (Å²) in [5.74, 6) is -1.05. The van der Waals surface area contributed by atoms with Gasteiger partial charge in [0.05, 0.1) is 12.6 Å². The van der Waals surface area contributed by atoms with E-state index in [1.165, 1.54) is 0 Å². The van der Waals surface area contributed by atoms with Gasteiger partial charge >= 0.3 is 0 Å². The number of thioether (sulfide) groups is 1. The Bertz CT molecular complexity index is 256. The van der Waals surface area contributed by atoms with Crippen molar-refractivity contribution >= 4 is 17.7 Å². The summed E-state index contributed by atoms with van der Waals surface area (Å²) in [5, 5.41) is 2.60. The van der Waals surface area contributed by atoms with Crippen molar-refractivity contribution in [3.8, 4) is 0 Å². The van der Waals surface area contributed by atoms with E-state index >= 15 is 0 Å². The van der Waals surface area contributed by atoms with Gasteiger partial charge in [-0.2, -0.15) is 11.8 Å². The molecule has 2 aliphatic heterocycles. The highest BCUT2D eigenvalue weighted by atomic mass is 32.2. The van der Waals surface area contributed by atoms with Crippen LogP contribution in [0.2, 0.25) is 0 Å². The maximum atomic E-state index is 12.9. The molecule has 1 amide bonds. The molecule has 3 nitrogen and oxygen atoms in total. The van der Waals surface area contributed by atoms with Gasteiger partial charge in [-0.3, -0.25) is 10.1 Å². The summed E-state index contributed by atoms with van der Waals surface area (Å²) in [6, 6.07) is -0.678. The van der Waals surface area contributed by atoms with Gasteiger partial charge in [-0.15, -0.1) is 0 Å². The Morgan fingerprint density at radius 1 is 1.40 bits per heavy atom. The fourth-order valence-electron chi connectivity index (χ4n) is 1.89. The Morgan fingerprint density at radius 3 is 2.60 bits per heavy atom. The van der Waals surface area contributed by atoms with Gasteiger partial charge in [0.2, 0.25) is 5.91 Å². The van der Waals surface area contributed by atoms with Crippen molar-refractivity contribution in [3.63, 3.8) is 0 Å². The predicted molar refractivity (Wildman–Crippen MR) is 55.3 cm³/mol. The molecule has 0 aromatic rings. The van der Waals surface area contributed by atoms with Crippen molar-refractivity contribution in [1.82, 2.24) is 10.2 Å². The van der Waals surface area contributed by atoms with Crippen LogP contribution in [0.25, 0.3) is 0 Å². The molecule has 1 atom stereocenters. The minimum atomic E-state index is -2.72. The third kappa shape index (κ3) is 2.60. The Balaban J connectivity index is 1.90. The molecule has 2 heterocycles. The maximum absolute atomic E-state index is 12.9. The average Bonchev–Trinajstić information content (AvgIpc) is 2.59. The molecule has 0 aliphatic carbocycles. The molecule has 86 valence electrons. The first-order valence-electron chi connectivity index (χ1n) is 5.06. The molecular formula is C9H14F2N2OS. The Kier molecular flexibility index (Phi) is 3.16. The highest BCUT2D eigenvalue weighted by Crippen LogP contribution is 2.26. The second-order valence-electron chi connectivity index (χ2n) is 3.93. The highest BCUT2D eigenvalue weighted by Gasteiger charge is 2.43. The summed E-state index contributed by atoms with van der Waals surface area (Å²) in [6.07, 6.45) is -0.352. The van der Waals surface area contributed by atoms with Crippen LogP contribution in [0, 0.1) is 0 Å². The van der Waals surface area contributed by atoms with E-state index in [2.05, 4.69) is 5.32 Å². The fourth-order valence-corrected chi connectivity index (χ4v) is 2.80. The zero-order valence-corrected chi connectivity index (χ0v) is 9.16. The smallest absolute Gasteiger partial charge is 0.262 e. The SMILES string of the molecule is O=C([C@@H]1CC(F)(F)CN1)N1CCSCC1. The summed E-state index contributed by atoms with van der Waals surface area (Å²) in [5.41, 5.74) is 0. The zero-order chi connectivity index (χ0) is 10.9. The molecule has 0 spiro atoms. The van der Waals surface area contributed by atoms with Crippen LogP contribution in [0.3, 0.4) is 0 Å². The highest BCUT2D eigenvalue weighted by molar-refractivity contribution is 7.99. The molecule has 0 saturated carbocycles. The molecule has 2 aliphatic rings. The first-order valence-corrected chi connectivity index (χ1v) is 6.22. The molecule has 15 heavy (non-hydrogen) atoms. The van der Waals surface area contributed by atoms with E-state index in [-0.39, 0.29) is 18.9 Å². The minimum absolute atomic E-state index is 0.160. The topological polar surface area (TPSA) is 32.3 Å². The monoisotopic (exact) mass is 236 g/mol. The summed E-state index contributed by atoms with van der Waals surface area (Å²) < 4.78 is 25.8. The van der Waals surface area contributed by atoms with Crippen molar-refractivity contribution in [2.75, 3.05) is 31.1 Å². The van der Waals surface area contributed by atoms with Crippen LogP contribution in [0.1, 0.15) is 6.42 Å². The lowest BCUT2D eigenvalue weighted by Gasteiger charge is -2.28. The van der Waals surface area contributed by atoms with Crippen LogP contribution < -0.4 is 5.32 Å². The van der Waals surface area contributed by atoms with Crippen molar-refractivity contribution in [3.05, 3.63) is 0 Å². The molecule has 1 N–H and O–H groups in total. The second-order valence-corrected chi connectivity index (χ2v) is 5.16. The minimum Gasteiger partial charge on any atom is -0.340 e. The van der Waals surface area contributed by atoms with Crippen molar-refractivity contribution in [2.45, 2.75) is 18.4 Å². The Labute approximate surface area is 91.6 Å². The number of carbonyl (C=O) groups excluding carboxylic acids is 1. The number of halogens is 2. The third-order valence-electron chi connectivity index (χ3n) is 2.73. The molecule has 2 saturated heterocycles. The van der Waals surface area contributed by atoms with E-state index in [4.69, 9.17) is 0 Å². The van der Waals surface area contributed by atoms with Crippen molar-refractivity contribution in [1.29, 1.82) is 0 Å². The van der Waals surface area contributed by atoms with E-state index in [1.54, 1.807) is 16.7 Å². The largest absolute Gasteiger partial charge is 0.340 e. The van der Waals surface area contributed by atoms with Crippen LogP contribution in [0.5, 0.6) is 0 Å². The first-order chi connectivity index (χ1) is 7.08. The van der Waals surface area contributed by atoms with Gasteiger partial charge in [-0.1, -0.05) is 0 Å². The molecular weight excluding hydrogens is 222 g/mol. The number of hydrogen-bond donors (Lipinski definition) is 1. The number of nitrogens with zero attached hydrogens (tertiary/aromatic N) is 1. The Hall–Kier alpha value is -0.360. The van der Waals surface area contributed by atoms with Crippen molar-refractivity contribution in [2.24, 2.45) is 0 Å². The number of amides is 1. The molecule has 2 rings (SSSR count). The van der Waals surface area contributed by atoms with Gasteiger partial charge in [0.1, 0.15) is 0 Å². The van der Waals surface area contributed by atoms with Gasteiger partial charge in [-0.25, -0.2) is 8.78 Å². The number of nitrogens with one attached hydrogen (secondary N) is 1. The summed E-state index contributed by atoms with van der Waals surface area (Å²) >= 11 is 1.80. The van der Waals surface area contributed by atoms with Gasteiger partial charge in [-0.05, 0) is 0 Å². The summed E-state index contributed by atoms with van der Waals surface area (Å²) in [4.78, 5) is 13.5. The molecule has 0 aromatic heterocycles. The first kappa shape index (κ1) is 11.1. The lowest BCUT2D eigenvalue weighted by atomic mass is 10.1.